The summed E-state index contributed by atoms with van der Waals surface area (Å²) in [5.74, 6) is 1.49. The van der Waals surface area contributed by atoms with Gasteiger partial charge in [0.2, 0.25) is 5.91 Å². The van der Waals surface area contributed by atoms with Crippen molar-refractivity contribution in [1.29, 1.82) is 0 Å². The van der Waals surface area contributed by atoms with E-state index in [0.717, 1.165) is 5.56 Å². The van der Waals surface area contributed by atoms with Crippen molar-refractivity contribution in [2.24, 2.45) is 4.99 Å². The summed E-state index contributed by atoms with van der Waals surface area (Å²) < 4.78 is 11.5. The standard InChI is InChI=1S/C24H24N2O4S/c1-15(2)29-23(28)21-16(3)25-24-26(20(27)12-13-31-24)22(21)17-8-7-11-19(14-17)30-18-9-5-4-6-10-18/h4-11,14-15,22H,12-13H2,1-3H3/t22-/m0/s1. The van der Waals surface area contributed by atoms with Crippen molar-refractivity contribution in [3.8, 4) is 11.5 Å². The second-order valence-electron chi connectivity index (χ2n) is 7.60. The quantitative estimate of drug-likeness (QED) is 0.612. The molecular formula is C24H24N2O4S. The summed E-state index contributed by atoms with van der Waals surface area (Å²) in [7, 11) is 0. The topological polar surface area (TPSA) is 68.2 Å². The number of allylic oxidation sites excluding steroid dienone is 1. The second kappa shape index (κ2) is 8.98. The largest absolute Gasteiger partial charge is 0.459 e. The second-order valence-corrected chi connectivity index (χ2v) is 8.66. The SMILES string of the molecule is CC1=C(C(=O)OC(C)C)[C@H](c2cccc(Oc3ccccc3)c2)N2C(=O)CCSC2=N1. The Kier molecular flexibility index (Phi) is 6.13. The Balaban J connectivity index is 1.77. The number of carbonyl (C=O) groups excluding carboxylic acids is 2. The van der Waals surface area contributed by atoms with Crippen molar-refractivity contribution in [1.82, 2.24) is 4.90 Å². The number of hydrogen-bond acceptors (Lipinski definition) is 6. The van der Waals surface area contributed by atoms with E-state index in [1.54, 1.807) is 25.7 Å². The van der Waals surface area contributed by atoms with Crippen LogP contribution in [0.15, 0.2) is 70.9 Å². The fourth-order valence-electron chi connectivity index (χ4n) is 3.62. The molecule has 0 bridgehead atoms. The maximum Gasteiger partial charge on any atom is 0.338 e. The van der Waals surface area contributed by atoms with E-state index in [1.807, 2.05) is 54.6 Å². The molecule has 0 aliphatic carbocycles. The zero-order chi connectivity index (χ0) is 22.0. The molecule has 0 unspecified atom stereocenters. The predicted molar refractivity (Wildman–Crippen MR) is 121 cm³/mol. The molecule has 0 radical (unpaired) electrons. The van der Waals surface area contributed by atoms with Gasteiger partial charge in [0.25, 0.3) is 0 Å². The van der Waals surface area contributed by atoms with Crippen LogP contribution in [0.1, 0.15) is 38.8 Å². The molecule has 2 aromatic rings. The lowest BCUT2D eigenvalue weighted by molar-refractivity contribution is -0.143. The molecule has 2 aliphatic rings. The molecule has 6 nitrogen and oxygen atoms in total. The van der Waals surface area contributed by atoms with Crippen LogP contribution in [0.2, 0.25) is 0 Å². The zero-order valence-electron chi connectivity index (χ0n) is 17.7. The van der Waals surface area contributed by atoms with Crippen molar-refractivity contribution in [2.45, 2.75) is 39.3 Å². The number of esters is 1. The van der Waals surface area contributed by atoms with Crippen LogP contribution in [0.3, 0.4) is 0 Å². The summed E-state index contributed by atoms with van der Waals surface area (Å²) in [6, 6.07) is 16.3. The number of para-hydroxylation sites is 1. The summed E-state index contributed by atoms with van der Waals surface area (Å²) in [5, 5.41) is 0.620. The molecule has 4 rings (SSSR count). The molecule has 0 N–H and O–H groups in total. The van der Waals surface area contributed by atoms with Gasteiger partial charge in [0.15, 0.2) is 5.17 Å². The van der Waals surface area contributed by atoms with Crippen molar-refractivity contribution in [2.75, 3.05) is 5.75 Å². The van der Waals surface area contributed by atoms with Crippen LogP contribution in [0.25, 0.3) is 0 Å². The van der Waals surface area contributed by atoms with E-state index in [2.05, 4.69) is 4.99 Å². The van der Waals surface area contributed by atoms with Crippen LogP contribution in [0.4, 0.5) is 0 Å². The van der Waals surface area contributed by atoms with Crippen molar-refractivity contribution < 1.29 is 19.1 Å². The molecule has 1 fully saturated rings. The first kappa shape index (κ1) is 21.2. The number of rotatable bonds is 5. The minimum atomic E-state index is -0.613. The number of thioether (sulfide) groups is 1. The van der Waals surface area contributed by atoms with E-state index >= 15 is 0 Å². The predicted octanol–water partition coefficient (Wildman–Crippen LogP) is 5.08. The van der Waals surface area contributed by atoms with Crippen LogP contribution < -0.4 is 4.74 Å². The Morgan fingerprint density at radius 2 is 1.87 bits per heavy atom. The fourth-order valence-corrected chi connectivity index (χ4v) is 4.63. The minimum Gasteiger partial charge on any atom is -0.459 e. The van der Waals surface area contributed by atoms with E-state index in [9.17, 15) is 9.59 Å². The summed E-state index contributed by atoms with van der Waals surface area (Å²) in [5.41, 5.74) is 1.72. The smallest absolute Gasteiger partial charge is 0.338 e. The maximum atomic E-state index is 13.0. The molecular weight excluding hydrogens is 412 g/mol. The number of carbonyl (C=O) groups is 2. The Labute approximate surface area is 185 Å². The summed E-state index contributed by atoms with van der Waals surface area (Å²) in [6.07, 6.45) is 0.115. The first-order chi connectivity index (χ1) is 14.9. The molecule has 2 aromatic carbocycles. The molecule has 0 aromatic heterocycles. The van der Waals surface area contributed by atoms with Gasteiger partial charge in [0, 0.05) is 12.2 Å². The van der Waals surface area contributed by atoms with Crippen molar-refractivity contribution in [3.63, 3.8) is 0 Å². The van der Waals surface area contributed by atoms with E-state index in [0.29, 0.717) is 40.1 Å². The number of fused-ring (bicyclic) bond motifs is 1. The van der Waals surface area contributed by atoms with Gasteiger partial charge in [-0.1, -0.05) is 42.1 Å². The van der Waals surface area contributed by atoms with Gasteiger partial charge >= 0.3 is 5.97 Å². The third kappa shape index (κ3) is 4.51. The Morgan fingerprint density at radius 3 is 2.61 bits per heavy atom. The number of amides is 1. The average molecular weight is 437 g/mol. The van der Waals surface area contributed by atoms with Crippen LogP contribution in [0, 0.1) is 0 Å². The highest BCUT2D eigenvalue weighted by Crippen LogP contribution is 2.41. The van der Waals surface area contributed by atoms with Crippen LogP contribution in [-0.4, -0.2) is 33.8 Å². The highest BCUT2D eigenvalue weighted by atomic mass is 32.2. The van der Waals surface area contributed by atoms with E-state index < -0.39 is 12.0 Å². The first-order valence-corrected chi connectivity index (χ1v) is 11.2. The maximum absolute atomic E-state index is 13.0. The van der Waals surface area contributed by atoms with E-state index in [-0.39, 0.29) is 12.0 Å². The lowest BCUT2D eigenvalue weighted by Gasteiger charge is -2.39. The van der Waals surface area contributed by atoms with Gasteiger partial charge in [0.05, 0.1) is 23.4 Å². The lowest BCUT2D eigenvalue weighted by Crippen LogP contribution is -2.46. The van der Waals surface area contributed by atoms with Crippen LogP contribution in [-0.2, 0) is 14.3 Å². The van der Waals surface area contributed by atoms with Gasteiger partial charge in [-0.25, -0.2) is 9.79 Å². The first-order valence-electron chi connectivity index (χ1n) is 10.2. The Bertz CT molecular complexity index is 1060. The van der Waals surface area contributed by atoms with Gasteiger partial charge < -0.3 is 9.47 Å². The summed E-state index contributed by atoms with van der Waals surface area (Å²) in [4.78, 5) is 32.1. The van der Waals surface area contributed by atoms with Crippen LogP contribution in [0.5, 0.6) is 11.5 Å². The van der Waals surface area contributed by atoms with Gasteiger partial charge in [0.1, 0.15) is 11.5 Å². The molecule has 0 spiro atoms. The third-order valence-electron chi connectivity index (χ3n) is 4.92. The molecule has 160 valence electrons. The van der Waals surface area contributed by atoms with Gasteiger partial charge in [-0.15, -0.1) is 0 Å². The molecule has 1 amide bonds. The average Bonchev–Trinajstić information content (AvgIpc) is 2.73. The van der Waals surface area contributed by atoms with Crippen LogP contribution >= 0.6 is 11.8 Å². The monoisotopic (exact) mass is 436 g/mol. The van der Waals surface area contributed by atoms with E-state index in [4.69, 9.17) is 9.47 Å². The van der Waals surface area contributed by atoms with Crippen molar-refractivity contribution >= 4 is 28.8 Å². The number of benzene rings is 2. The lowest BCUT2D eigenvalue weighted by atomic mass is 9.94. The molecule has 1 saturated heterocycles. The Morgan fingerprint density at radius 1 is 1.13 bits per heavy atom. The van der Waals surface area contributed by atoms with Crippen molar-refractivity contribution in [3.05, 3.63) is 71.4 Å². The molecule has 0 saturated carbocycles. The number of amidine groups is 1. The molecule has 1 atom stereocenters. The number of nitrogens with zero attached hydrogens (tertiary/aromatic N) is 2. The van der Waals surface area contributed by atoms with Gasteiger partial charge in [-0.2, -0.15) is 0 Å². The molecule has 2 heterocycles. The molecule has 31 heavy (non-hydrogen) atoms. The van der Waals surface area contributed by atoms with E-state index in [1.165, 1.54) is 11.8 Å². The van der Waals surface area contributed by atoms with Gasteiger partial charge in [-0.05, 0) is 50.6 Å². The summed E-state index contributed by atoms with van der Waals surface area (Å²) in [6.45, 7) is 5.39. The summed E-state index contributed by atoms with van der Waals surface area (Å²) >= 11 is 1.53. The third-order valence-corrected chi connectivity index (χ3v) is 5.88. The van der Waals surface area contributed by atoms with Gasteiger partial charge in [-0.3, -0.25) is 9.69 Å². The molecule has 2 aliphatic heterocycles. The Hall–Kier alpha value is -3.06. The minimum absolute atomic E-state index is 0.0563. The normalized spacial score (nSPS) is 18.6. The molecule has 7 heteroatoms. The highest BCUT2D eigenvalue weighted by molar-refractivity contribution is 8.14. The highest BCUT2D eigenvalue weighted by Gasteiger charge is 2.41. The number of hydrogen-bond donors (Lipinski definition) is 0. The zero-order valence-corrected chi connectivity index (χ0v) is 18.5. The fraction of sp³-hybridized carbons (Fsp3) is 0.292. The number of aliphatic imine (C=N–C) groups is 1. The number of ether oxygens (including phenoxy) is 2.